The Labute approximate surface area is 221 Å². The third-order valence-electron chi connectivity index (χ3n) is 9.01. The van der Waals surface area contributed by atoms with E-state index in [1.165, 1.54) is 6.92 Å². The molecule has 0 aromatic carbocycles. The molecule has 2 aliphatic rings. The van der Waals surface area contributed by atoms with Crippen LogP contribution in [0.2, 0.25) is 18.1 Å². The molecule has 2 heterocycles. The topological polar surface area (TPSA) is 152 Å². The zero-order valence-corrected chi connectivity index (χ0v) is 25.0. The lowest BCUT2D eigenvalue weighted by atomic mass is 9.84. The summed E-state index contributed by atoms with van der Waals surface area (Å²) in [6.07, 6.45) is -4.62. The standard InChI is InChI=1S/C25H47N3O8Si/c1-13(2)25(7,8)37(9,10)36-24-20(27-28-26)16(5)22(19(34-24)12-32-17(6)30)35-23-15(4)14(3)21(31)18(11-29)33-23/h13-16,18-24,29,31H,11-12H2,1-10H3/t14-,15?,16-,18?,19?,20?,21+,22+,23+,24+/m1/s1. The number of carbonyl (C=O) groups excluding carboxylic acids is 1. The lowest BCUT2D eigenvalue weighted by Gasteiger charge is -2.51. The number of rotatable bonds is 10. The van der Waals surface area contributed by atoms with Gasteiger partial charge < -0.3 is 33.6 Å². The largest absolute Gasteiger partial charge is 0.463 e. The number of ether oxygens (including phenoxy) is 4. The number of hydrogen-bond donors (Lipinski definition) is 2. The van der Waals surface area contributed by atoms with E-state index in [1.54, 1.807) is 0 Å². The predicted octanol–water partition coefficient (Wildman–Crippen LogP) is 3.98. The van der Waals surface area contributed by atoms with Gasteiger partial charge in [0.2, 0.25) is 0 Å². The summed E-state index contributed by atoms with van der Waals surface area (Å²) in [5.41, 5.74) is 9.39. The van der Waals surface area contributed by atoms with Gasteiger partial charge in [-0.2, -0.15) is 0 Å². The average Bonchev–Trinajstić information content (AvgIpc) is 2.81. The van der Waals surface area contributed by atoms with Crippen molar-refractivity contribution in [1.82, 2.24) is 0 Å². The van der Waals surface area contributed by atoms with Crippen LogP contribution in [0.15, 0.2) is 5.11 Å². The number of azide groups is 1. The van der Waals surface area contributed by atoms with Crippen LogP contribution in [0.5, 0.6) is 0 Å². The van der Waals surface area contributed by atoms with Gasteiger partial charge in [-0.3, -0.25) is 4.79 Å². The smallest absolute Gasteiger partial charge is 0.302 e. The summed E-state index contributed by atoms with van der Waals surface area (Å²) >= 11 is 0. The molecule has 214 valence electrons. The number of aliphatic hydroxyl groups excluding tert-OH is 2. The van der Waals surface area contributed by atoms with E-state index in [4.69, 9.17) is 23.4 Å². The summed E-state index contributed by atoms with van der Waals surface area (Å²) < 4.78 is 30.7. The first-order chi connectivity index (χ1) is 17.1. The van der Waals surface area contributed by atoms with E-state index in [0.717, 1.165) is 0 Å². The molecule has 2 rings (SSSR count). The molecule has 2 aliphatic heterocycles. The molecule has 0 spiro atoms. The van der Waals surface area contributed by atoms with Gasteiger partial charge in [-0.25, -0.2) is 0 Å². The number of carbonyl (C=O) groups is 1. The minimum atomic E-state index is -2.40. The van der Waals surface area contributed by atoms with Crippen LogP contribution < -0.4 is 0 Å². The molecule has 11 nitrogen and oxygen atoms in total. The minimum absolute atomic E-state index is 0.0779. The maximum Gasteiger partial charge on any atom is 0.302 e. The van der Waals surface area contributed by atoms with Gasteiger partial charge in [0.1, 0.15) is 18.8 Å². The van der Waals surface area contributed by atoms with Crippen molar-refractivity contribution < 1.29 is 38.4 Å². The van der Waals surface area contributed by atoms with Crippen LogP contribution in [0.4, 0.5) is 0 Å². The fourth-order valence-electron chi connectivity index (χ4n) is 4.85. The summed E-state index contributed by atoms with van der Waals surface area (Å²) in [5, 5.41) is 24.1. The summed E-state index contributed by atoms with van der Waals surface area (Å²) in [7, 11) is -2.40. The van der Waals surface area contributed by atoms with Crippen molar-refractivity contribution in [3.05, 3.63) is 10.4 Å². The first-order valence-corrected chi connectivity index (χ1v) is 16.1. The SMILES string of the molecule is CC(=O)OCC1O[C@@H](O[Si](C)(C)C(C)(C)C(C)C)C(N=[N+]=[N-])[C@@H](C)[C@@H]1O[C@@H]1OC(CO)[C@@H](O)[C@H](C)C1C. The maximum atomic E-state index is 11.7. The molecule has 2 saturated heterocycles. The van der Waals surface area contributed by atoms with Crippen molar-refractivity contribution in [2.45, 2.75) is 117 Å². The molecule has 10 atom stereocenters. The molecule has 0 saturated carbocycles. The van der Waals surface area contributed by atoms with Crippen molar-refractivity contribution in [2.75, 3.05) is 13.2 Å². The Kier molecular flexibility index (Phi) is 11.0. The third-order valence-corrected chi connectivity index (χ3v) is 13.5. The molecule has 2 fully saturated rings. The van der Waals surface area contributed by atoms with Crippen LogP contribution >= 0.6 is 0 Å². The number of nitrogens with zero attached hydrogens (tertiary/aromatic N) is 3. The van der Waals surface area contributed by atoms with Crippen LogP contribution in [0.25, 0.3) is 10.4 Å². The predicted molar refractivity (Wildman–Crippen MR) is 140 cm³/mol. The van der Waals surface area contributed by atoms with E-state index in [-0.39, 0.29) is 36.0 Å². The van der Waals surface area contributed by atoms with E-state index in [0.29, 0.717) is 5.92 Å². The summed E-state index contributed by atoms with van der Waals surface area (Å²) in [4.78, 5) is 14.7. The Morgan fingerprint density at radius 2 is 1.70 bits per heavy atom. The van der Waals surface area contributed by atoms with Crippen molar-refractivity contribution >= 4 is 14.3 Å². The summed E-state index contributed by atoms with van der Waals surface area (Å²) in [6, 6.07) is -0.700. The van der Waals surface area contributed by atoms with Crippen LogP contribution in [0.3, 0.4) is 0 Å². The monoisotopic (exact) mass is 545 g/mol. The molecule has 2 N–H and O–H groups in total. The number of hydrogen-bond acceptors (Lipinski definition) is 9. The van der Waals surface area contributed by atoms with Gasteiger partial charge >= 0.3 is 5.97 Å². The minimum Gasteiger partial charge on any atom is -0.463 e. The van der Waals surface area contributed by atoms with Crippen LogP contribution in [-0.2, 0) is 28.2 Å². The van der Waals surface area contributed by atoms with Gasteiger partial charge in [0.15, 0.2) is 20.9 Å². The van der Waals surface area contributed by atoms with Crippen LogP contribution in [-0.4, -0.2) is 80.8 Å². The zero-order chi connectivity index (χ0) is 28.3. The van der Waals surface area contributed by atoms with Crippen molar-refractivity contribution in [1.29, 1.82) is 0 Å². The highest BCUT2D eigenvalue weighted by Gasteiger charge is 2.52. The highest BCUT2D eigenvalue weighted by atomic mass is 28.4. The maximum absolute atomic E-state index is 11.7. The lowest BCUT2D eigenvalue weighted by Crippen LogP contribution is -2.61. The van der Waals surface area contributed by atoms with Gasteiger partial charge in [-0.05, 0) is 41.4 Å². The third kappa shape index (κ3) is 7.05. The normalized spacial score (nSPS) is 37.2. The van der Waals surface area contributed by atoms with E-state index in [2.05, 4.69) is 50.8 Å². The van der Waals surface area contributed by atoms with E-state index in [9.17, 15) is 20.5 Å². The van der Waals surface area contributed by atoms with Crippen molar-refractivity contribution in [3.8, 4) is 0 Å². The van der Waals surface area contributed by atoms with Gasteiger partial charge in [0, 0.05) is 17.8 Å². The zero-order valence-electron chi connectivity index (χ0n) is 24.0. The number of esters is 1. The van der Waals surface area contributed by atoms with E-state index >= 15 is 0 Å². The first-order valence-electron chi connectivity index (χ1n) is 13.2. The second kappa shape index (κ2) is 12.7. The van der Waals surface area contributed by atoms with Gasteiger partial charge in [-0.1, -0.05) is 53.6 Å². The molecule has 0 aliphatic carbocycles. The van der Waals surface area contributed by atoms with Gasteiger partial charge in [0.25, 0.3) is 0 Å². The molecule has 0 aromatic rings. The molecule has 37 heavy (non-hydrogen) atoms. The van der Waals surface area contributed by atoms with Crippen molar-refractivity contribution in [2.24, 2.45) is 28.8 Å². The van der Waals surface area contributed by atoms with Gasteiger partial charge in [0.05, 0.1) is 24.9 Å². The quantitative estimate of drug-likeness (QED) is 0.137. The Balaban J connectivity index is 2.39. The summed E-state index contributed by atoms with van der Waals surface area (Å²) in [5.74, 6) is -0.892. The van der Waals surface area contributed by atoms with E-state index in [1.807, 2.05) is 20.8 Å². The fourth-order valence-corrected chi connectivity index (χ4v) is 7.32. The molecular weight excluding hydrogens is 498 g/mol. The van der Waals surface area contributed by atoms with E-state index < -0.39 is 57.3 Å². The lowest BCUT2D eigenvalue weighted by molar-refractivity contribution is -0.319. The highest BCUT2D eigenvalue weighted by molar-refractivity contribution is 6.74. The number of aliphatic hydroxyl groups is 2. The second-order valence-corrected chi connectivity index (χ2v) is 16.5. The van der Waals surface area contributed by atoms with Crippen LogP contribution in [0, 0.1) is 23.7 Å². The molecule has 0 bridgehead atoms. The van der Waals surface area contributed by atoms with Crippen molar-refractivity contribution in [3.63, 3.8) is 0 Å². The Morgan fingerprint density at radius 3 is 2.22 bits per heavy atom. The Bertz CT molecular complexity index is 820. The molecular formula is C25H47N3O8Si. The van der Waals surface area contributed by atoms with Gasteiger partial charge in [-0.15, -0.1) is 0 Å². The first kappa shape index (κ1) is 32.0. The second-order valence-electron chi connectivity index (χ2n) is 11.9. The molecule has 12 heteroatoms. The Morgan fingerprint density at radius 1 is 1.11 bits per heavy atom. The molecule has 0 amide bonds. The van der Waals surface area contributed by atoms with Crippen LogP contribution in [0.1, 0.15) is 55.4 Å². The molecule has 4 unspecified atom stereocenters. The molecule has 0 aromatic heterocycles. The molecule has 0 radical (unpaired) electrons. The Hall–Kier alpha value is -1.24. The highest BCUT2D eigenvalue weighted by Crippen LogP contribution is 2.47. The fraction of sp³-hybridized carbons (Fsp3) is 0.960. The summed E-state index contributed by atoms with van der Waals surface area (Å²) in [6.45, 7) is 19.5. The average molecular weight is 546 g/mol.